The van der Waals surface area contributed by atoms with Crippen LogP contribution in [-0.4, -0.2) is 65.3 Å². The van der Waals surface area contributed by atoms with E-state index in [9.17, 15) is 9.59 Å². The van der Waals surface area contributed by atoms with Crippen LogP contribution in [0.3, 0.4) is 0 Å². The van der Waals surface area contributed by atoms with E-state index in [2.05, 4.69) is 47.5 Å². The highest BCUT2D eigenvalue weighted by atomic mass is 32.1. The molecule has 2 aromatic carbocycles. The number of nitrogens with zero attached hydrogens (tertiary/aromatic N) is 3. The van der Waals surface area contributed by atoms with Crippen molar-refractivity contribution in [2.24, 2.45) is 0 Å². The molecule has 3 aromatic rings. The molecule has 2 amide bonds. The van der Waals surface area contributed by atoms with E-state index in [0.717, 1.165) is 30.6 Å². The van der Waals surface area contributed by atoms with E-state index in [1.807, 2.05) is 59.2 Å². The lowest BCUT2D eigenvalue weighted by Crippen LogP contribution is -2.55. The van der Waals surface area contributed by atoms with Crippen LogP contribution >= 0.6 is 11.3 Å². The van der Waals surface area contributed by atoms with Crippen LogP contribution in [0.2, 0.25) is 0 Å². The Morgan fingerprint density at radius 1 is 0.917 bits per heavy atom. The SMILES string of the molecule is Cc1ccccc1C(=O)N1CCN(C(=O)CCN2CCc3sccc3[C@H]2c2ccccc2C)C[C@H]1C. The molecule has 0 aliphatic carbocycles. The van der Waals surface area contributed by atoms with Crippen LogP contribution in [0.4, 0.5) is 0 Å². The van der Waals surface area contributed by atoms with Crippen molar-refractivity contribution >= 4 is 23.2 Å². The Hall–Kier alpha value is -2.96. The van der Waals surface area contributed by atoms with Gasteiger partial charge < -0.3 is 9.80 Å². The summed E-state index contributed by atoms with van der Waals surface area (Å²) in [6, 6.07) is 18.8. The fourth-order valence-electron chi connectivity index (χ4n) is 5.72. The first-order valence-electron chi connectivity index (χ1n) is 12.9. The van der Waals surface area contributed by atoms with Crippen molar-refractivity contribution in [3.8, 4) is 0 Å². The topological polar surface area (TPSA) is 43.9 Å². The molecule has 188 valence electrons. The molecule has 2 aliphatic rings. The van der Waals surface area contributed by atoms with E-state index < -0.39 is 0 Å². The predicted molar refractivity (Wildman–Crippen MR) is 145 cm³/mol. The number of rotatable bonds is 5. The molecule has 2 atom stereocenters. The van der Waals surface area contributed by atoms with E-state index in [1.54, 1.807) is 0 Å². The Kier molecular flexibility index (Phi) is 7.26. The maximum absolute atomic E-state index is 13.3. The smallest absolute Gasteiger partial charge is 0.254 e. The van der Waals surface area contributed by atoms with Gasteiger partial charge in [0.05, 0.1) is 6.04 Å². The largest absolute Gasteiger partial charge is 0.339 e. The zero-order valence-corrected chi connectivity index (χ0v) is 22.3. The third-order valence-electron chi connectivity index (χ3n) is 7.78. The Bertz CT molecular complexity index is 1250. The van der Waals surface area contributed by atoms with Crippen molar-refractivity contribution in [1.29, 1.82) is 0 Å². The summed E-state index contributed by atoms with van der Waals surface area (Å²) >= 11 is 1.85. The van der Waals surface area contributed by atoms with Gasteiger partial charge in [0.2, 0.25) is 5.91 Å². The number of carbonyl (C=O) groups is 2. The van der Waals surface area contributed by atoms with Crippen molar-refractivity contribution in [3.05, 3.63) is 92.7 Å². The van der Waals surface area contributed by atoms with Gasteiger partial charge in [0, 0.05) is 55.6 Å². The van der Waals surface area contributed by atoms with Gasteiger partial charge in [0.25, 0.3) is 5.91 Å². The molecule has 0 radical (unpaired) electrons. The predicted octanol–water partition coefficient (Wildman–Crippen LogP) is 5.08. The van der Waals surface area contributed by atoms with Gasteiger partial charge in [-0.1, -0.05) is 42.5 Å². The van der Waals surface area contributed by atoms with E-state index in [0.29, 0.717) is 26.1 Å². The standard InChI is InChI=1S/C30H35N3O2S/c1-21-8-4-6-10-24(21)29-26-14-19-36-27(26)12-15-31(29)16-13-28(34)32-17-18-33(23(3)20-32)30(35)25-11-7-5-9-22(25)2/h4-11,14,19,23,29H,12-13,15-18,20H2,1-3H3/t23-,29-/m1/s1. The maximum atomic E-state index is 13.3. The molecular formula is C30H35N3O2S. The summed E-state index contributed by atoms with van der Waals surface area (Å²) in [7, 11) is 0. The van der Waals surface area contributed by atoms with Crippen molar-refractivity contribution in [1.82, 2.24) is 14.7 Å². The molecule has 5 rings (SSSR count). The number of piperazine rings is 1. The minimum Gasteiger partial charge on any atom is -0.339 e. The minimum atomic E-state index is -0.00197. The summed E-state index contributed by atoms with van der Waals surface area (Å²) < 4.78 is 0. The molecule has 1 saturated heterocycles. The normalized spacial score (nSPS) is 20.3. The van der Waals surface area contributed by atoms with E-state index >= 15 is 0 Å². The van der Waals surface area contributed by atoms with Crippen LogP contribution in [0.1, 0.15) is 56.9 Å². The number of hydrogen-bond acceptors (Lipinski definition) is 4. The van der Waals surface area contributed by atoms with E-state index in [1.165, 1.54) is 21.6 Å². The summed E-state index contributed by atoms with van der Waals surface area (Å²) in [5, 5.41) is 2.20. The first-order valence-corrected chi connectivity index (χ1v) is 13.8. The molecule has 1 aromatic heterocycles. The third kappa shape index (κ3) is 4.84. The van der Waals surface area contributed by atoms with Crippen LogP contribution < -0.4 is 0 Å². The van der Waals surface area contributed by atoms with E-state index in [-0.39, 0.29) is 23.9 Å². The van der Waals surface area contributed by atoms with Crippen LogP contribution in [-0.2, 0) is 11.2 Å². The number of benzene rings is 2. The average molecular weight is 502 g/mol. The number of thiophene rings is 1. The first-order chi connectivity index (χ1) is 17.4. The lowest BCUT2D eigenvalue weighted by atomic mass is 9.90. The summed E-state index contributed by atoms with van der Waals surface area (Å²) in [5.74, 6) is 0.248. The second-order valence-corrected chi connectivity index (χ2v) is 11.1. The fourth-order valence-corrected chi connectivity index (χ4v) is 6.62. The molecule has 3 heterocycles. The van der Waals surface area contributed by atoms with Gasteiger partial charge in [-0.25, -0.2) is 0 Å². The molecule has 5 nitrogen and oxygen atoms in total. The summed E-state index contributed by atoms with van der Waals surface area (Å²) in [6.07, 6.45) is 1.54. The van der Waals surface area contributed by atoms with Gasteiger partial charge in [-0.3, -0.25) is 14.5 Å². The Labute approximate surface area is 218 Å². The highest BCUT2D eigenvalue weighted by molar-refractivity contribution is 7.10. The highest BCUT2D eigenvalue weighted by Crippen LogP contribution is 2.38. The number of fused-ring (bicyclic) bond motifs is 1. The van der Waals surface area contributed by atoms with Crippen molar-refractivity contribution < 1.29 is 9.59 Å². The Morgan fingerprint density at radius 2 is 1.67 bits per heavy atom. The van der Waals surface area contributed by atoms with Gasteiger partial charge in [0.15, 0.2) is 0 Å². The quantitative estimate of drug-likeness (QED) is 0.490. The number of amides is 2. The molecule has 0 saturated carbocycles. The number of aryl methyl sites for hydroxylation is 2. The second kappa shape index (κ2) is 10.6. The van der Waals surface area contributed by atoms with Gasteiger partial charge in [-0.2, -0.15) is 0 Å². The fraction of sp³-hybridized carbons (Fsp3) is 0.400. The second-order valence-electron chi connectivity index (χ2n) is 10.1. The summed E-state index contributed by atoms with van der Waals surface area (Å²) in [5.41, 5.74) is 5.77. The summed E-state index contributed by atoms with van der Waals surface area (Å²) in [4.78, 5) is 34.2. The van der Waals surface area contributed by atoms with Crippen molar-refractivity contribution in [3.63, 3.8) is 0 Å². The lowest BCUT2D eigenvalue weighted by Gasteiger charge is -2.41. The molecule has 1 fully saturated rings. The molecule has 36 heavy (non-hydrogen) atoms. The maximum Gasteiger partial charge on any atom is 0.254 e. The molecule has 0 spiro atoms. The Balaban J connectivity index is 1.23. The first kappa shape index (κ1) is 24.7. The van der Waals surface area contributed by atoms with Crippen molar-refractivity contribution in [2.75, 3.05) is 32.7 Å². The molecule has 0 N–H and O–H groups in total. The monoisotopic (exact) mass is 501 g/mol. The van der Waals surface area contributed by atoms with Gasteiger partial charge >= 0.3 is 0 Å². The van der Waals surface area contributed by atoms with Crippen LogP contribution in [0.25, 0.3) is 0 Å². The molecule has 0 unspecified atom stereocenters. The zero-order chi connectivity index (χ0) is 25.2. The van der Waals surface area contributed by atoms with Crippen LogP contribution in [0.5, 0.6) is 0 Å². The Morgan fingerprint density at radius 3 is 2.42 bits per heavy atom. The van der Waals surface area contributed by atoms with E-state index in [4.69, 9.17) is 0 Å². The molecule has 0 bridgehead atoms. The van der Waals surface area contributed by atoms with Crippen molar-refractivity contribution in [2.45, 2.75) is 45.7 Å². The minimum absolute atomic E-state index is 0.00197. The number of carbonyl (C=O) groups excluding carboxylic acids is 2. The highest BCUT2D eigenvalue weighted by Gasteiger charge is 2.33. The molecular weight excluding hydrogens is 466 g/mol. The van der Waals surface area contributed by atoms with Gasteiger partial charge in [-0.05, 0) is 67.0 Å². The third-order valence-corrected chi connectivity index (χ3v) is 8.77. The van der Waals surface area contributed by atoms with Gasteiger partial charge in [0.1, 0.15) is 0 Å². The van der Waals surface area contributed by atoms with Gasteiger partial charge in [-0.15, -0.1) is 11.3 Å². The number of hydrogen-bond donors (Lipinski definition) is 0. The molecule has 6 heteroatoms. The zero-order valence-electron chi connectivity index (χ0n) is 21.4. The molecule has 2 aliphatic heterocycles. The van der Waals surface area contributed by atoms with Crippen LogP contribution in [0, 0.1) is 13.8 Å². The summed E-state index contributed by atoms with van der Waals surface area (Å²) in [6.45, 7) is 9.67. The lowest BCUT2D eigenvalue weighted by molar-refractivity contribution is -0.134. The average Bonchev–Trinajstić information content (AvgIpc) is 3.36. The van der Waals surface area contributed by atoms with Crippen LogP contribution in [0.15, 0.2) is 60.0 Å².